The third kappa shape index (κ3) is 6.09. The summed E-state index contributed by atoms with van der Waals surface area (Å²) in [6.45, 7) is 1.45. The second-order valence-corrected chi connectivity index (χ2v) is 6.80. The molecule has 0 aliphatic carbocycles. The van der Waals surface area contributed by atoms with Crippen molar-refractivity contribution < 1.29 is 19.1 Å². The highest BCUT2D eigenvalue weighted by Crippen LogP contribution is 2.22. The van der Waals surface area contributed by atoms with E-state index in [-0.39, 0.29) is 12.6 Å². The Bertz CT molecular complexity index is 991. The molecule has 3 aromatic carbocycles. The molecule has 0 saturated carbocycles. The molecular formula is C23H20ClNO4. The summed E-state index contributed by atoms with van der Waals surface area (Å²) in [4.78, 5) is 24.4. The highest BCUT2D eigenvalue weighted by molar-refractivity contribution is 6.30. The van der Waals surface area contributed by atoms with Crippen molar-refractivity contribution in [3.05, 3.63) is 95.0 Å². The molecule has 1 N–H and O–H groups in total. The quantitative estimate of drug-likeness (QED) is 0.547. The van der Waals surface area contributed by atoms with E-state index in [9.17, 15) is 9.59 Å². The van der Waals surface area contributed by atoms with Crippen LogP contribution in [0.5, 0.6) is 11.5 Å². The van der Waals surface area contributed by atoms with E-state index in [0.29, 0.717) is 22.1 Å². The van der Waals surface area contributed by atoms with Gasteiger partial charge in [-0.05, 0) is 55.0 Å². The van der Waals surface area contributed by atoms with Gasteiger partial charge in [-0.2, -0.15) is 0 Å². The summed E-state index contributed by atoms with van der Waals surface area (Å²) in [6, 6.07) is 22.8. The minimum absolute atomic E-state index is 0.262. The van der Waals surface area contributed by atoms with Crippen LogP contribution in [-0.2, 0) is 9.53 Å². The van der Waals surface area contributed by atoms with Gasteiger partial charge in [0.15, 0.2) is 6.61 Å². The Morgan fingerprint density at radius 2 is 1.66 bits per heavy atom. The number of hydrogen-bond donors (Lipinski definition) is 1. The number of carbonyl (C=O) groups is 2. The van der Waals surface area contributed by atoms with Crippen molar-refractivity contribution in [2.75, 3.05) is 6.61 Å². The van der Waals surface area contributed by atoms with Crippen molar-refractivity contribution in [2.24, 2.45) is 0 Å². The molecule has 0 aliphatic heterocycles. The van der Waals surface area contributed by atoms with Gasteiger partial charge in [-0.25, -0.2) is 4.79 Å². The molecule has 0 aromatic heterocycles. The first-order valence-corrected chi connectivity index (χ1v) is 9.44. The van der Waals surface area contributed by atoms with E-state index in [0.717, 1.165) is 5.56 Å². The Morgan fingerprint density at radius 1 is 0.931 bits per heavy atom. The number of esters is 1. The summed E-state index contributed by atoms with van der Waals surface area (Å²) in [6.07, 6.45) is 0. The Balaban J connectivity index is 1.53. The molecule has 3 aromatic rings. The number of halogens is 1. The minimum Gasteiger partial charge on any atom is -0.457 e. The zero-order valence-electron chi connectivity index (χ0n) is 15.8. The Morgan fingerprint density at radius 3 is 2.41 bits per heavy atom. The molecule has 5 nitrogen and oxygen atoms in total. The van der Waals surface area contributed by atoms with E-state index in [1.165, 1.54) is 0 Å². The zero-order valence-corrected chi connectivity index (χ0v) is 16.6. The van der Waals surface area contributed by atoms with Crippen LogP contribution in [0.15, 0.2) is 78.9 Å². The number of para-hydroxylation sites is 1. The lowest BCUT2D eigenvalue weighted by atomic mass is 10.1. The summed E-state index contributed by atoms with van der Waals surface area (Å²) >= 11 is 5.97. The van der Waals surface area contributed by atoms with Crippen LogP contribution >= 0.6 is 11.6 Å². The van der Waals surface area contributed by atoms with Gasteiger partial charge in [-0.1, -0.05) is 48.0 Å². The highest BCUT2D eigenvalue weighted by atomic mass is 35.5. The van der Waals surface area contributed by atoms with E-state index in [2.05, 4.69) is 5.32 Å². The van der Waals surface area contributed by atoms with E-state index >= 15 is 0 Å². The van der Waals surface area contributed by atoms with Crippen LogP contribution in [0.2, 0.25) is 5.02 Å². The first-order valence-electron chi connectivity index (χ1n) is 9.06. The minimum atomic E-state index is -0.603. The fraction of sp³-hybridized carbons (Fsp3) is 0.130. The number of ether oxygens (including phenoxy) is 2. The topological polar surface area (TPSA) is 64.6 Å². The fourth-order valence-corrected chi connectivity index (χ4v) is 2.87. The predicted molar refractivity (Wildman–Crippen MR) is 111 cm³/mol. The van der Waals surface area contributed by atoms with Gasteiger partial charge in [0.2, 0.25) is 0 Å². The van der Waals surface area contributed by atoms with Crippen LogP contribution in [0.3, 0.4) is 0 Å². The lowest BCUT2D eigenvalue weighted by molar-refractivity contribution is -0.124. The van der Waals surface area contributed by atoms with Crippen LogP contribution in [0.1, 0.15) is 28.9 Å². The first kappa shape index (κ1) is 20.4. The monoisotopic (exact) mass is 409 g/mol. The van der Waals surface area contributed by atoms with Gasteiger partial charge in [0.05, 0.1) is 11.6 Å². The van der Waals surface area contributed by atoms with Crippen molar-refractivity contribution in [2.45, 2.75) is 13.0 Å². The molecule has 0 heterocycles. The van der Waals surface area contributed by atoms with Gasteiger partial charge in [0, 0.05) is 5.02 Å². The second-order valence-electron chi connectivity index (χ2n) is 6.36. The predicted octanol–water partition coefficient (Wildman–Crippen LogP) is 5.17. The Labute approximate surface area is 174 Å². The van der Waals surface area contributed by atoms with Crippen molar-refractivity contribution in [3.63, 3.8) is 0 Å². The molecule has 0 aliphatic rings. The van der Waals surface area contributed by atoms with Crippen LogP contribution in [0, 0.1) is 0 Å². The summed E-state index contributed by atoms with van der Waals surface area (Å²) in [5, 5.41) is 3.37. The van der Waals surface area contributed by atoms with Gasteiger partial charge in [0.25, 0.3) is 5.91 Å². The highest BCUT2D eigenvalue weighted by Gasteiger charge is 2.14. The number of carbonyl (C=O) groups excluding carboxylic acids is 2. The summed E-state index contributed by atoms with van der Waals surface area (Å²) in [5.74, 6) is 0.161. The molecule has 3 rings (SSSR count). The third-order valence-corrected chi connectivity index (χ3v) is 4.34. The number of rotatable bonds is 7. The lowest BCUT2D eigenvalue weighted by Crippen LogP contribution is -2.31. The summed E-state index contributed by atoms with van der Waals surface area (Å²) in [7, 11) is 0. The smallest absolute Gasteiger partial charge is 0.338 e. The first-order chi connectivity index (χ1) is 14.0. The SMILES string of the molecule is C[C@@H](NC(=O)COC(=O)c1cccc(Oc2ccccc2)c1)c1cccc(Cl)c1. The van der Waals surface area contributed by atoms with Crippen molar-refractivity contribution in [1.29, 1.82) is 0 Å². The van der Waals surface area contributed by atoms with E-state index in [4.69, 9.17) is 21.1 Å². The third-order valence-electron chi connectivity index (χ3n) is 4.11. The standard InChI is InChI=1S/C23H20ClNO4/c1-16(17-7-5-9-19(24)13-17)25-22(26)15-28-23(27)18-8-6-12-21(14-18)29-20-10-3-2-4-11-20/h2-14,16H,15H2,1H3,(H,25,26)/t16-/m1/s1. The molecule has 1 atom stereocenters. The molecule has 0 spiro atoms. The molecule has 0 fully saturated rings. The number of nitrogens with one attached hydrogen (secondary N) is 1. The molecule has 1 amide bonds. The Kier molecular flexibility index (Phi) is 6.87. The normalized spacial score (nSPS) is 11.4. The maximum atomic E-state index is 12.3. The van der Waals surface area contributed by atoms with E-state index < -0.39 is 11.9 Å². The molecule has 6 heteroatoms. The average Bonchev–Trinajstić information content (AvgIpc) is 2.73. The largest absolute Gasteiger partial charge is 0.457 e. The van der Waals surface area contributed by atoms with E-state index in [1.54, 1.807) is 36.4 Å². The van der Waals surface area contributed by atoms with Crippen LogP contribution in [-0.4, -0.2) is 18.5 Å². The van der Waals surface area contributed by atoms with Crippen LogP contribution < -0.4 is 10.1 Å². The molecule has 0 bridgehead atoms. The van der Waals surface area contributed by atoms with Gasteiger partial charge < -0.3 is 14.8 Å². The summed E-state index contributed by atoms with van der Waals surface area (Å²) < 4.78 is 10.8. The zero-order chi connectivity index (χ0) is 20.6. The number of amides is 1. The van der Waals surface area contributed by atoms with Gasteiger partial charge >= 0.3 is 5.97 Å². The van der Waals surface area contributed by atoms with Gasteiger partial charge in [-0.3, -0.25) is 4.79 Å². The van der Waals surface area contributed by atoms with Gasteiger partial charge in [0.1, 0.15) is 11.5 Å². The van der Waals surface area contributed by atoms with Crippen LogP contribution in [0.25, 0.3) is 0 Å². The van der Waals surface area contributed by atoms with Gasteiger partial charge in [-0.15, -0.1) is 0 Å². The molecule has 0 saturated heterocycles. The molecule has 0 radical (unpaired) electrons. The molecule has 29 heavy (non-hydrogen) atoms. The van der Waals surface area contributed by atoms with Crippen molar-refractivity contribution >= 4 is 23.5 Å². The average molecular weight is 410 g/mol. The maximum absolute atomic E-state index is 12.3. The fourth-order valence-electron chi connectivity index (χ4n) is 2.67. The van der Waals surface area contributed by atoms with Crippen LogP contribution in [0.4, 0.5) is 0 Å². The summed E-state index contributed by atoms with van der Waals surface area (Å²) in [5.41, 5.74) is 1.16. The van der Waals surface area contributed by atoms with E-state index in [1.807, 2.05) is 49.4 Å². The molecule has 148 valence electrons. The maximum Gasteiger partial charge on any atom is 0.338 e. The molecular weight excluding hydrogens is 390 g/mol. The lowest BCUT2D eigenvalue weighted by Gasteiger charge is -2.14. The van der Waals surface area contributed by atoms with Crippen molar-refractivity contribution in [3.8, 4) is 11.5 Å². The second kappa shape index (κ2) is 9.75. The Hall–Kier alpha value is -3.31. The number of benzene rings is 3. The van der Waals surface area contributed by atoms with Crippen molar-refractivity contribution in [1.82, 2.24) is 5.32 Å². The number of hydrogen-bond acceptors (Lipinski definition) is 4. The molecule has 0 unspecified atom stereocenters.